The van der Waals surface area contributed by atoms with Gasteiger partial charge in [-0.1, -0.05) is 18.2 Å². The van der Waals surface area contributed by atoms with Gasteiger partial charge in [-0.3, -0.25) is 4.99 Å². The maximum atomic E-state index is 5.82. The van der Waals surface area contributed by atoms with Crippen LogP contribution in [0, 0.1) is 0 Å². The van der Waals surface area contributed by atoms with Crippen molar-refractivity contribution in [3.63, 3.8) is 0 Å². The van der Waals surface area contributed by atoms with Gasteiger partial charge in [0.25, 0.3) is 0 Å². The summed E-state index contributed by atoms with van der Waals surface area (Å²) in [5.74, 6) is 2.85. The van der Waals surface area contributed by atoms with Gasteiger partial charge in [-0.05, 0) is 29.8 Å². The van der Waals surface area contributed by atoms with E-state index in [1.54, 1.807) is 6.20 Å². The maximum Gasteiger partial charge on any atom is 0.225 e. The van der Waals surface area contributed by atoms with Crippen LogP contribution in [-0.2, 0) is 11.2 Å². The van der Waals surface area contributed by atoms with Gasteiger partial charge in [-0.25, -0.2) is 15.0 Å². The van der Waals surface area contributed by atoms with Crippen molar-refractivity contribution in [2.75, 3.05) is 50.7 Å². The third-order valence-electron chi connectivity index (χ3n) is 4.69. The van der Waals surface area contributed by atoms with Crippen LogP contribution in [0.15, 0.2) is 59.9 Å². The number of rotatable bonds is 2. The molecule has 0 amide bonds. The molecule has 1 aliphatic rings. The van der Waals surface area contributed by atoms with Crippen LogP contribution >= 0.6 is 0 Å². The van der Waals surface area contributed by atoms with E-state index in [2.05, 4.69) is 21.4 Å². The second-order valence-electron chi connectivity index (χ2n) is 7.28. The van der Waals surface area contributed by atoms with Crippen LogP contribution in [0.5, 0.6) is 5.75 Å². The first-order valence-electron chi connectivity index (χ1n) is 10.2. The van der Waals surface area contributed by atoms with Crippen molar-refractivity contribution in [3.05, 3.63) is 71.7 Å². The zero-order valence-electron chi connectivity index (χ0n) is 17.8. The summed E-state index contributed by atoms with van der Waals surface area (Å²) in [5, 5.41) is 3.34. The number of hydrogen-bond donors (Lipinski definition) is 1. The Morgan fingerprint density at radius 1 is 1.00 bits per heavy atom. The summed E-state index contributed by atoms with van der Waals surface area (Å²) in [6.45, 7) is 1.99. The molecule has 1 N–H and O–H groups in total. The van der Waals surface area contributed by atoms with Crippen molar-refractivity contribution in [1.29, 1.82) is 0 Å². The first kappa shape index (κ1) is 20.7. The van der Waals surface area contributed by atoms with E-state index in [9.17, 15) is 0 Å². The largest absolute Gasteiger partial charge is 0.491 e. The molecule has 0 saturated heterocycles. The lowest BCUT2D eigenvalue weighted by Gasteiger charge is -2.17. The van der Waals surface area contributed by atoms with Gasteiger partial charge in [0.1, 0.15) is 24.0 Å². The first-order chi connectivity index (χ1) is 15.2. The molecule has 3 heterocycles. The number of hydrogen-bond acceptors (Lipinski definition) is 8. The number of fused-ring (bicyclic) bond motifs is 3. The minimum Gasteiger partial charge on any atom is -0.491 e. The fourth-order valence-electron chi connectivity index (χ4n) is 3.19. The Labute approximate surface area is 182 Å². The summed E-state index contributed by atoms with van der Waals surface area (Å²) in [6, 6.07) is 13.8. The second-order valence-corrected chi connectivity index (χ2v) is 7.28. The normalized spacial score (nSPS) is 14.5. The third-order valence-corrected chi connectivity index (χ3v) is 4.69. The van der Waals surface area contributed by atoms with Crippen LogP contribution in [0.25, 0.3) is 0 Å². The summed E-state index contributed by atoms with van der Waals surface area (Å²) in [5.41, 5.74) is 2.80. The predicted molar refractivity (Wildman–Crippen MR) is 121 cm³/mol. The van der Waals surface area contributed by atoms with Gasteiger partial charge in [0, 0.05) is 32.9 Å². The number of benzene rings is 1. The molecule has 8 nitrogen and oxygen atoms in total. The molecule has 0 unspecified atom stereocenters. The molecule has 0 atom stereocenters. The molecule has 4 rings (SSSR count). The number of amidine groups is 1. The Morgan fingerprint density at radius 3 is 2.77 bits per heavy atom. The van der Waals surface area contributed by atoms with Crippen molar-refractivity contribution in [2.45, 2.75) is 6.42 Å². The lowest BCUT2D eigenvalue weighted by molar-refractivity contribution is 0.106. The predicted octanol–water partition coefficient (Wildman–Crippen LogP) is 2.80. The molecule has 0 spiro atoms. The summed E-state index contributed by atoms with van der Waals surface area (Å²) < 4.78 is 11.5. The van der Waals surface area contributed by atoms with Gasteiger partial charge in [-0.15, -0.1) is 0 Å². The molecule has 1 aliphatic heterocycles. The van der Waals surface area contributed by atoms with E-state index in [0.29, 0.717) is 50.4 Å². The van der Waals surface area contributed by atoms with Crippen molar-refractivity contribution in [1.82, 2.24) is 15.0 Å². The van der Waals surface area contributed by atoms with Crippen LogP contribution in [0.2, 0.25) is 0 Å². The topological polar surface area (TPSA) is 84.8 Å². The van der Waals surface area contributed by atoms with E-state index in [4.69, 9.17) is 19.5 Å². The monoisotopic (exact) mass is 418 g/mol. The molecule has 0 aliphatic carbocycles. The molecule has 3 aromatic rings. The second kappa shape index (κ2) is 9.99. The quantitative estimate of drug-likeness (QED) is 0.685. The summed E-state index contributed by atoms with van der Waals surface area (Å²) in [6.07, 6.45) is 4.18. The minimum atomic E-state index is 0.489. The fraction of sp³-hybridized carbons (Fsp3) is 0.304. The molecule has 31 heavy (non-hydrogen) atoms. The van der Waals surface area contributed by atoms with Crippen LogP contribution in [0.1, 0.15) is 16.8 Å². The highest BCUT2D eigenvalue weighted by molar-refractivity contribution is 6.08. The number of aromatic nitrogens is 3. The van der Waals surface area contributed by atoms with Crippen molar-refractivity contribution < 1.29 is 9.47 Å². The van der Waals surface area contributed by atoms with Gasteiger partial charge in [0.05, 0.1) is 31.0 Å². The number of anilines is 2. The van der Waals surface area contributed by atoms with Crippen molar-refractivity contribution in [2.24, 2.45) is 4.99 Å². The molecule has 0 radical (unpaired) electrons. The Kier molecular flexibility index (Phi) is 6.68. The van der Waals surface area contributed by atoms with Crippen LogP contribution in [0.3, 0.4) is 0 Å². The highest BCUT2D eigenvalue weighted by Crippen LogP contribution is 2.20. The zero-order valence-corrected chi connectivity index (χ0v) is 17.8. The zero-order chi connectivity index (χ0) is 21.5. The van der Waals surface area contributed by atoms with Gasteiger partial charge in [0.15, 0.2) is 0 Å². The number of pyridine rings is 1. The van der Waals surface area contributed by atoms with Gasteiger partial charge in [0.2, 0.25) is 5.95 Å². The molecule has 2 bridgehead atoms. The Morgan fingerprint density at radius 2 is 1.94 bits per heavy atom. The lowest BCUT2D eigenvalue weighted by Crippen LogP contribution is -2.22. The number of nitrogens with one attached hydrogen (secondary N) is 1. The molecule has 0 fully saturated rings. The smallest absolute Gasteiger partial charge is 0.225 e. The van der Waals surface area contributed by atoms with E-state index >= 15 is 0 Å². The summed E-state index contributed by atoms with van der Waals surface area (Å²) in [7, 11) is 3.86. The number of ether oxygens (including phenoxy) is 2. The molecule has 1 aromatic carbocycles. The highest BCUT2D eigenvalue weighted by Gasteiger charge is 2.16. The van der Waals surface area contributed by atoms with E-state index in [-0.39, 0.29) is 0 Å². The molecular formula is C23H26N6O2. The molecule has 2 aromatic heterocycles. The third kappa shape index (κ3) is 5.55. The fourth-order valence-corrected chi connectivity index (χ4v) is 3.19. The van der Waals surface area contributed by atoms with E-state index in [1.165, 1.54) is 0 Å². The highest BCUT2D eigenvalue weighted by atomic mass is 16.5. The Balaban J connectivity index is 1.77. The molecule has 8 heteroatoms. The Hall–Kier alpha value is -3.52. The molecule has 160 valence electrons. The standard InChI is InChI=1S/C23H26N6O2/c1-29(2)23-26-16-19-20(27-23)15-17-6-5-7-18(14-17)31-13-12-30-11-10-25-22(19)28-21-8-3-4-9-24-21/h3-9,14,16H,10-13,15H2,1-2H3,(H,24,25,28). The SMILES string of the molecule is CN(C)c1ncc2c(n1)Cc1cccc(c1)OCCOCCN=C2Nc1ccccn1. The maximum absolute atomic E-state index is 5.82. The van der Waals surface area contributed by atoms with E-state index < -0.39 is 0 Å². The lowest BCUT2D eigenvalue weighted by atomic mass is 10.0. The Bertz CT molecular complexity index is 1040. The number of nitrogens with zero attached hydrogens (tertiary/aromatic N) is 5. The average molecular weight is 419 g/mol. The number of aliphatic imine (C=N–C) groups is 1. The van der Waals surface area contributed by atoms with E-state index in [0.717, 1.165) is 22.6 Å². The van der Waals surface area contributed by atoms with Crippen molar-refractivity contribution in [3.8, 4) is 5.75 Å². The molecule has 0 saturated carbocycles. The summed E-state index contributed by atoms with van der Waals surface area (Å²) in [4.78, 5) is 20.4. The van der Waals surface area contributed by atoms with E-state index in [1.807, 2.05) is 61.6 Å². The van der Waals surface area contributed by atoms with Crippen LogP contribution in [-0.4, -0.2) is 61.2 Å². The summed E-state index contributed by atoms with van der Waals surface area (Å²) >= 11 is 0. The van der Waals surface area contributed by atoms with Crippen LogP contribution < -0.4 is 15.0 Å². The van der Waals surface area contributed by atoms with Gasteiger partial charge in [-0.2, -0.15) is 0 Å². The minimum absolute atomic E-state index is 0.489. The molecular weight excluding hydrogens is 392 g/mol. The average Bonchev–Trinajstić information content (AvgIpc) is 2.78. The first-order valence-corrected chi connectivity index (χ1v) is 10.2. The van der Waals surface area contributed by atoms with Crippen LogP contribution in [0.4, 0.5) is 11.8 Å². The van der Waals surface area contributed by atoms with Gasteiger partial charge < -0.3 is 19.7 Å². The van der Waals surface area contributed by atoms with Crippen molar-refractivity contribution >= 4 is 17.6 Å². The van der Waals surface area contributed by atoms with Gasteiger partial charge >= 0.3 is 0 Å².